The molecule has 0 radical (unpaired) electrons. The highest BCUT2D eigenvalue weighted by molar-refractivity contribution is 5.78. The predicted molar refractivity (Wildman–Crippen MR) is 89.7 cm³/mol. The number of para-hydroxylation sites is 1. The summed E-state index contributed by atoms with van der Waals surface area (Å²) in [5.41, 5.74) is 4.82. The molecule has 2 aromatic rings. The molecule has 0 bridgehead atoms. The van der Waals surface area contributed by atoms with Crippen molar-refractivity contribution >= 4 is 5.91 Å². The lowest BCUT2D eigenvalue weighted by Crippen LogP contribution is -2.36. The molecule has 1 atom stereocenters. The van der Waals surface area contributed by atoms with Crippen LogP contribution in [0.5, 0.6) is 11.5 Å². The zero-order chi connectivity index (χ0) is 18.7. The van der Waals surface area contributed by atoms with Gasteiger partial charge in [0.1, 0.15) is 6.04 Å². The summed E-state index contributed by atoms with van der Waals surface area (Å²) in [5, 5.41) is 3.93. The number of nitrogens with zero attached hydrogens (tertiary/aromatic N) is 2. The number of nitrogens with two attached hydrogens (primary N) is 1. The van der Waals surface area contributed by atoms with Gasteiger partial charge in [-0.2, -0.15) is 5.10 Å². The third-order valence-corrected chi connectivity index (χ3v) is 4.59. The van der Waals surface area contributed by atoms with Crippen molar-refractivity contribution in [2.45, 2.75) is 38.1 Å². The molecule has 8 heteroatoms. The summed E-state index contributed by atoms with van der Waals surface area (Å²) in [5.74, 6) is -2.86. The molecule has 1 aliphatic carbocycles. The summed E-state index contributed by atoms with van der Waals surface area (Å²) >= 11 is 0. The van der Waals surface area contributed by atoms with E-state index in [0.29, 0.717) is 12.3 Å². The van der Waals surface area contributed by atoms with E-state index in [0.717, 1.165) is 54.8 Å². The van der Waals surface area contributed by atoms with Crippen LogP contribution < -0.4 is 16.0 Å². The number of halogens is 2. The maximum absolute atomic E-state index is 13.6. The first-order valence-electron chi connectivity index (χ1n) is 8.45. The number of amides is 1. The fourth-order valence-electron chi connectivity index (χ4n) is 3.29. The molecule has 1 aromatic carbocycles. The number of aromatic nitrogens is 2. The molecule has 1 unspecified atom stereocenters. The van der Waals surface area contributed by atoms with Gasteiger partial charge in [0.15, 0.2) is 23.1 Å². The van der Waals surface area contributed by atoms with E-state index >= 15 is 0 Å². The van der Waals surface area contributed by atoms with Gasteiger partial charge in [-0.05, 0) is 24.5 Å². The lowest BCUT2D eigenvalue weighted by Gasteiger charge is -2.19. The van der Waals surface area contributed by atoms with Crippen molar-refractivity contribution in [3.05, 3.63) is 52.5 Å². The van der Waals surface area contributed by atoms with Crippen LogP contribution in [0.1, 0.15) is 38.1 Å². The number of primary amides is 1. The van der Waals surface area contributed by atoms with Gasteiger partial charge in [-0.15, -0.1) is 0 Å². The number of benzene rings is 1. The molecule has 1 saturated carbocycles. The van der Waals surface area contributed by atoms with Gasteiger partial charge in [0, 0.05) is 6.07 Å². The molecular weight excluding hydrogens is 344 g/mol. The van der Waals surface area contributed by atoms with Crippen molar-refractivity contribution in [2.75, 3.05) is 0 Å². The van der Waals surface area contributed by atoms with E-state index in [9.17, 15) is 18.4 Å². The van der Waals surface area contributed by atoms with Crippen LogP contribution in [-0.4, -0.2) is 15.7 Å². The second kappa shape index (κ2) is 7.63. The normalized spacial score (nSPS) is 15.8. The molecule has 26 heavy (non-hydrogen) atoms. The van der Waals surface area contributed by atoms with Crippen molar-refractivity contribution in [2.24, 2.45) is 11.7 Å². The van der Waals surface area contributed by atoms with Crippen LogP contribution in [0, 0.1) is 17.6 Å². The maximum atomic E-state index is 13.6. The molecule has 1 heterocycles. The smallest absolute Gasteiger partial charge is 0.271 e. The summed E-state index contributed by atoms with van der Waals surface area (Å²) < 4.78 is 33.4. The van der Waals surface area contributed by atoms with E-state index in [1.807, 2.05) is 0 Å². The Morgan fingerprint density at radius 1 is 1.31 bits per heavy atom. The molecule has 1 amide bonds. The Kier molecular flexibility index (Phi) is 5.29. The van der Waals surface area contributed by atoms with Gasteiger partial charge in [-0.3, -0.25) is 9.59 Å². The van der Waals surface area contributed by atoms with Gasteiger partial charge >= 0.3 is 0 Å². The SMILES string of the molecule is NC(=O)C(CC1CCCC1)n1ncc(Oc2c(F)cccc2F)cc1=O. The zero-order valence-corrected chi connectivity index (χ0v) is 14.0. The molecule has 0 aliphatic heterocycles. The standard InChI is InChI=1S/C18H19F2N3O3/c19-13-6-3-7-14(20)17(13)26-12-9-16(24)23(22-10-12)15(18(21)25)8-11-4-1-2-5-11/h3,6-7,9-11,15H,1-2,4-5,8H2,(H2,21,25). The Balaban J connectivity index is 1.84. The largest absolute Gasteiger partial charge is 0.449 e. The van der Waals surface area contributed by atoms with Crippen LogP contribution >= 0.6 is 0 Å². The third kappa shape index (κ3) is 3.89. The van der Waals surface area contributed by atoms with Crippen molar-refractivity contribution in [3.63, 3.8) is 0 Å². The Morgan fingerprint density at radius 2 is 1.96 bits per heavy atom. The molecule has 3 rings (SSSR count). The molecule has 0 spiro atoms. The van der Waals surface area contributed by atoms with E-state index < -0.39 is 34.9 Å². The zero-order valence-electron chi connectivity index (χ0n) is 14.0. The molecule has 1 fully saturated rings. The minimum atomic E-state index is -0.898. The summed E-state index contributed by atoms with van der Waals surface area (Å²) in [4.78, 5) is 24.1. The molecule has 138 valence electrons. The second-order valence-electron chi connectivity index (χ2n) is 6.43. The van der Waals surface area contributed by atoms with Crippen molar-refractivity contribution in [1.82, 2.24) is 9.78 Å². The maximum Gasteiger partial charge on any atom is 0.271 e. The van der Waals surface area contributed by atoms with Crippen molar-refractivity contribution in [3.8, 4) is 11.5 Å². The fraction of sp³-hybridized carbons (Fsp3) is 0.389. The first-order valence-corrected chi connectivity index (χ1v) is 8.45. The number of rotatable bonds is 6. The number of hydrogen-bond donors (Lipinski definition) is 1. The summed E-state index contributed by atoms with van der Waals surface area (Å²) in [6.45, 7) is 0. The fourth-order valence-corrected chi connectivity index (χ4v) is 3.29. The van der Waals surface area contributed by atoms with Crippen LogP contribution in [0.4, 0.5) is 8.78 Å². The number of ether oxygens (including phenoxy) is 1. The predicted octanol–water partition coefficient (Wildman–Crippen LogP) is 2.92. The van der Waals surface area contributed by atoms with Crippen LogP contribution in [0.25, 0.3) is 0 Å². The highest BCUT2D eigenvalue weighted by atomic mass is 19.1. The van der Waals surface area contributed by atoms with E-state index in [1.54, 1.807) is 0 Å². The third-order valence-electron chi connectivity index (χ3n) is 4.59. The first kappa shape index (κ1) is 18.0. The lowest BCUT2D eigenvalue weighted by atomic mass is 9.98. The lowest BCUT2D eigenvalue weighted by molar-refractivity contribution is -0.122. The molecular formula is C18H19F2N3O3. The molecule has 6 nitrogen and oxygen atoms in total. The Hall–Kier alpha value is -2.77. The molecule has 1 aromatic heterocycles. The second-order valence-corrected chi connectivity index (χ2v) is 6.43. The Labute approximate surface area is 148 Å². The number of hydrogen-bond acceptors (Lipinski definition) is 4. The highest BCUT2D eigenvalue weighted by Crippen LogP contribution is 2.31. The summed E-state index contributed by atoms with van der Waals surface area (Å²) in [6, 6.07) is 3.46. The number of carbonyl (C=O) groups excluding carboxylic acids is 1. The Morgan fingerprint density at radius 3 is 2.54 bits per heavy atom. The molecule has 0 saturated heterocycles. The van der Waals surface area contributed by atoms with E-state index in [2.05, 4.69) is 5.10 Å². The van der Waals surface area contributed by atoms with Crippen LogP contribution in [0.3, 0.4) is 0 Å². The van der Waals surface area contributed by atoms with E-state index in [4.69, 9.17) is 10.5 Å². The average molecular weight is 363 g/mol. The summed E-state index contributed by atoms with van der Waals surface area (Å²) in [6.07, 6.45) is 5.76. The Bertz CT molecular complexity index is 843. The molecule has 1 aliphatic rings. The first-order chi connectivity index (χ1) is 12.5. The van der Waals surface area contributed by atoms with Gasteiger partial charge < -0.3 is 10.5 Å². The highest BCUT2D eigenvalue weighted by Gasteiger charge is 2.26. The van der Waals surface area contributed by atoms with Crippen LogP contribution in [0.15, 0.2) is 35.3 Å². The van der Waals surface area contributed by atoms with Gasteiger partial charge in [-0.25, -0.2) is 13.5 Å². The van der Waals surface area contributed by atoms with Crippen LogP contribution in [-0.2, 0) is 4.79 Å². The average Bonchev–Trinajstić information content (AvgIpc) is 3.10. The topological polar surface area (TPSA) is 87.2 Å². The van der Waals surface area contributed by atoms with Gasteiger partial charge in [0.05, 0.1) is 6.20 Å². The van der Waals surface area contributed by atoms with Crippen LogP contribution in [0.2, 0.25) is 0 Å². The quantitative estimate of drug-likeness (QED) is 0.855. The summed E-state index contributed by atoms with van der Waals surface area (Å²) in [7, 11) is 0. The van der Waals surface area contributed by atoms with E-state index in [-0.39, 0.29) is 5.75 Å². The minimum Gasteiger partial charge on any atom is -0.449 e. The monoisotopic (exact) mass is 363 g/mol. The van der Waals surface area contributed by atoms with Crippen molar-refractivity contribution in [1.29, 1.82) is 0 Å². The number of carbonyl (C=O) groups is 1. The van der Waals surface area contributed by atoms with Gasteiger partial charge in [0.2, 0.25) is 5.91 Å². The van der Waals surface area contributed by atoms with Gasteiger partial charge in [-0.1, -0.05) is 31.7 Å². The van der Waals surface area contributed by atoms with Crippen molar-refractivity contribution < 1.29 is 18.3 Å². The minimum absolute atomic E-state index is 0.126. The molecule has 2 N–H and O–H groups in total. The van der Waals surface area contributed by atoms with E-state index in [1.165, 1.54) is 6.07 Å². The van der Waals surface area contributed by atoms with Gasteiger partial charge in [0.25, 0.3) is 5.56 Å².